The van der Waals surface area contributed by atoms with Crippen molar-refractivity contribution in [3.05, 3.63) is 47.7 Å². The van der Waals surface area contributed by atoms with Crippen LogP contribution in [0.1, 0.15) is 5.69 Å². The number of hydrogen-bond donors (Lipinski definition) is 0. The number of benzene rings is 1. The van der Waals surface area contributed by atoms with Crippen molar-refractivity contribution in [3.8, 4) is 16.3 Å². The van der Waals surface area contributed by atoms with Gasteiger partial charge in [0, 0.05) is 30.4 Å². The normalized spacial score (nSPS) is 11.6. The van der Waals surface area contributed by atoms with E-state index in [1.807, 2.05) is 18.6 Å². The molecule has 0 spiro atoms. The first-order chi connectivity index (χ1) is 10.9. The van der Waals surface area contributed by atoms with Gasteiger partial charge in [0.15, 0.2) is 9.84 Å². The van der Waals surface area contributed by atoms with Crippen LogP contribution in [0.2, 0.25) is 0 Å². The molecule has 3 aromatic rings. The molecule has 2 heterocycles. The van der Waals surface area contributed by atoms with E-state index in [-0.39, 0.29) is 4.90 Å². The summed E-state index contributed by atoms with van der Waals surface area (Å²) in [5.74, 6) is 0.605. The van der Waals surface area contributed by atoms with Crippen molar-refractivity contribution in [3.63, 3.8) is 0 Å². The Kier molecular flexibility index (Phi) is 4.18. The van der Waals surface area contributed by atoms with Crippen molar-refractivity contribution in [1.29, 1.82) is 0 Å². The summed E-state index contributed by atoms with van der Waals surface area (Å²) in [6.07, 6.45) is 4.86. The van der Waals surface area contributed by atoms with Crippen molar-refractivity contribution < 1.29 is 13.2 Å². The second-order valence-corrected chi connectivity index (χ2v) is 7.95. The molecule has 23 heavy (non-hydrogen) atoms. The third-order valence-electron chi connectivity index (χ3n) is 3.14. The van der Waals surface area contributed by atoms with Gasteiger partial charge in [-0.2, -0.15) is 5.10 Å². The van der Waals surface area contributed by atoms with Gasteiger partial charge in [0.05, 0.1) is 16.8 Å². The van der Waals surface area contributed by atoms with Crippen LogP contribution in [0.4, 0.5) is 0 Å². The second kappa shape index (κ2) is 6.13. The molecule has 6 nitrogen and oxygen atoms in total. The van der Waals surface area contributed by atoms with Gasteiger partial charge in [-0.3, -0.25) is 4.68 Å². The molecule has 0 atom stereocenters. The third-order valence-corrected chi connectivity index (χ3v) is 5.21. The SMILES string of the molecule is Cn1cc(-c2nc(COc3ccc(S(C)(=O)=O)cc3)cs2)cn1. The summed E-state index contributed by atoms with van der Waals surface area (Å²) in [5.41, 5.74) is 1.79. The van der Waals surface area contributed by atoms with E-state index < -0.39 is 9.84 Å². The maximum atomic E-state index is 11.4. The first-order valence-corrected chi connectivity index (χ1v) is 9.55. The molecule has 0 saturated carbocycles. The lowest BCUT2D eigenvalue weighted by Crippen LogP contribution is -1.98. The quantitative estimate of drug-likeness (QED) is 0.708. The minimum atomic E-state index is -3.19. The zero-order chi connectivity index (χ0) is 16.4. The molecule has 1 aromatic carbocycles. The Labute approximate surface area is 138 Å². The predicted molar refractivity (Wildman–Crippen MR) is 88.2 cm³/mol. The molecule has 0 N–H and O–H groups in total. The molecule has 3 rings (SSSR count). The highest BCUT2D eigenvalue weighted by Crippen LogP contribution is 2.24. The van der Waals surface area contributed by atoms with Crippen LogP contribution in [-0.2, 0) is 23.5 Å². The fourth-order valence-electron chi connectivity index (χ4n) is 1.98. The van der Waals surface area contributed by atoms with E-state index in [1.54, 1.807) is 23.0 Å². The summed E-state index contributed by atoms with van der Waals surface area (Å²) in [6.45, 7) is 0.328. The Morgan fingerprint density at radius 2 is 2.00 bits per heavy atom. The summed E-state index contributed by atoms with van der Waals surface area (Å²) < 4.78 is 30.2. The molecular weight excluding hydrogens is 334 g/mol. The minimum Gasteiger partial charge on any atom is -0.487 e. The average molecular weight is 349 g/mol. The number of aryl methyl sites for hydroxylation is 1. The van der Waals surface area contributed by atoms with Crippen molar-refractivity contribution >= 4 is 21.2 Å². The van der Waals surface area contributed by atoms with Crippen LogP contribution >= 0.6 is 11.3 Å². The van der Waals surface area contributed by atoms with Gasteiger partial charge >= 0.3 is 0 Å². The van der Waals surface area contributed by atoms with Crippen molar-refractivity contribution in [2.45, 2.75) is 11.5 Å². The highest BCUT2D eigenvalue weighted by Gasteiger charge is 2.09. The molecule has 2 aromatic heterocycles. The smallest absolute Gasteiger partial charge is 0.175 e. The van der Waals surface area contributed by atoms with E-state index in [0.717, 1.165) is 16.3 Å². The molecule has 0 bridgehead atoms. The van der Waals surface area contributed by atoms with E-state index in [0.29, 0.717) is 12.4 Å². The Bertz CT molecular complexity index is 912. The summed E-state index contributed by atoms with van der Waals surface area (Å²) in [7, 11) is -1.32. The topological polar surface area (TPSA) is 74.1 Å². The van der Waals surface area contributed by atoms with Crippen LogP contribution < -0.4 is 4.74 Å². The van der Waals surface area contributed by atoms with Crippen molar-refractivity contribution in [2.24, 2.45) is 7.05 Å². The summed E-state index contributed by atoms with van der Waals surface area (Å²) in [6, 6.07) is 6.36. The number of hydrogen-bond acceptors (Lipinski definition) is 6. The summed E-state index contributed by atoms with van der Waals surface area (Å²) in [4.78, 5) is 4.79. The molecular formula is C15H15N3O3S2. The zero-order valence-electron chi connectivity index (χ0n) is 12.6. The molecule has 0 aliphatic rings. The minimum absolute atomic E-state index is 0.275. The van der Waals surface area contributed by atoms with Gasteiger partial charge in [0.1, 0.15) is 17.4 Å². The second-order valence-electron chi connectivity index (χ2n) is 5.08. The van der Waals surface area contributed by atoms with Gasteiger partial charge in [0.2, 0.25) is 0 Å². The van der Waals surface area contributed by atoms with Crippen LogP contribution in [0.3, 0.4) is 0 Å². The number of aromatic nitrogens is 3. The van der Waals surface area contributed by atoms with Gasteiger partial charge in [-0.15, -0.1) is 11.3 Å². The molecule has 0 aliphatic carbocycles. The number of ether oxygens (including phenoxy) is 1. The van der Waals surface area contributed by atoms with Gasteiger partial charge in [-0.25, -0.2) is 13.4 Å². The molecule has 0 fully saturated rings. The van der Waals surface area contributed by atoms with Gasteiger partial charge in [-0.05, 0) is 24.3 Å². The van der Waals surface area contributed by atoms with Crippen molar-refractivity contribution in [2.75, 3.05) is 6.26 Å². The first kappa shape index (κ1) is 15.7. The van der Waals surface area contributed by atoms with Crippen LogP contribution in [0.15, 0.2) is 46.9 Å². The average Bonchev–Trinajstić information content (AvgIpc) is 3.13. The standard InChI is InChI=1S/C15H15N3O3S2/c1-18-8-11(7-16-18)15-17-12(10-22-15)9-21-13-3-5-14(6-4-13)23(2,19)20/h3-8,10H,9H2,1-2H3. The van der Waals surface area contributed by atoms with Gasteiger partial charge in [0.25, 0.3) is 0 Å². The highest BCUT2D eigenvalue weighted by molar-refractivity contribution is 7.90. The maximum absolute atomic E-state index is 11.4. The van der Waals surface area contributed by atoms with Crippen LogP contribution in [0.25, 0.3) is 10.6 Å². The third kappa shape index (κ3) is 3.77. The van der Waals surface area contributed by atoms with E-state index in [4.69, 9.17) is 4.74 Å². The van der Waals surface area contributed by atoms with E-state index in [1.165, 1.54) is 29.7 Å². The lowest BCUT2D eigenvalue weighted by Gasteiger charge is -2.05. The molecule has 0 saturated heterocycles. The molecule has 8 heteroatoms. The van der Waals surface area contributed by atoms with E-state index >= 15 is 0 Å². The lowest BCUT2D eigenvalue weighted by molar-refractivity contribution is 0.302. The maximum Gasteiger partial charge on any atom is 0.175 e. The summed E-state index contributed by atoms with van der Waals surface area (Å²) in [5, 5.41) is 6.96. The highest BCUT2D eigenvalue weighted by atomic mass is 32.2. The fourth-order valence-corrected chi connectivity index (χ4v) is 3.39. The number of nitrogens with zero attached hydrogens (tertiary/aromatic N) is 3. The Hall–Kier alpha value is -2.19. The Morgan fingerprint density at radius 1 is 1.26 bits per heavy atom. The number of thiazole rings is 1. The largest absolute Gasteiger partial charge is 0.487 e. The van der Waals surface area contributed by atoms with Crippen molar-refractivity contribution in [1.82, 2.24) is 14.8 Å². The summed E-state index contributed by atoms with van der Waals surface area (Å²) >= 11 is 1.53. The monoisotopic (exact) mass is 349 g/mol. The van der Waals surface area contributed by atoms with Crippen LogP contribution in [-0.4, -0.2) is 29.4 Å². The Morgan fingerprint density at radius 3 is 2.61 bits per heavy atom. The van der Waals surface area contributed by atoms with Gasteiger partial charge in [-0.1, -0.05) is 0 Å². The van der Waals surface area contributed by atoms with E-state index in [2.05, 4.69) is 10.1 Å². The molecule has 0 unspecified atom stereocenters. The first-order valence-electron chi connectivity index (χ1n) is 6.78. The molecule has 120 valence electrons. The Balaban J connectivity index is 1.66. The van der Waals surface area contributed by atoms with E-state index in [9.17, 15) is 8.42 Å². The molecule has 0 radical (unpaired) electrons. The van der Waals surface area contributed by atoms with Crippen LogP contribution in [0.5, 0.6) is 5.75 Å². The molecule has 0 aliphatic heterocycles. The predicted octanol–water partition coefficient (Wildman–Crippen LogP) is 2.53. The van der Waals surface area contributed by atoms with Gasteiger partial charge < -0.3 is 4.74 Å². The molecule has 0 amide bonds. The fraction of sp³-hybridized carbons (Fsp3) is 0.200. The lowest BCUT2D eigenvalue weighted by atomic mass is 10.3. The van der Waals surface area contributed by atoms with Crippen LogP contribution in [0, 0.1) is 0 Å². The number of rotatable bonds is 5. The zero-order valence-corrected chi connectivity index (χ0v) is 14.3. The number of sulfone groups is 1.